The minimum Gasteiger partial charge on any atom is -0.381 e. The number of benzene rings is 1. The van der Waals surface area contributed by atoms with E-state index in [9.17, 15) is 0 Å². The van der Waals surface area contributed by atoms with Crippen LogP contribution in [-0.2, 0) is 4.74 Å². The van der Waals surface area contributed by atoms with Crippen LogP contribution in [0.25, 0.3) is 0 Å². The van der Waals surface area contributed by atoms with Gasteiger partial charge in [0.25, 0.3) is 0 Å². The molecule has 0 aromatic heterocycles. The third-order valence-corrected chi connectivity index (χ3v) is 3.36. The van der Waals surface area contributed by atoms with E-state index in [4.69, 9.17) is 10.5 Å². The van der Waals surface area contributed by atoms with E-state index in [0.717, 1.165) is 26.2 Å². The highest BCUT2D eigenvalue weighted by Gasteiger charge is 2.26. The highest BCUT2D eigenvalue weighted by atomic mass is 16.5. The van der Waals surface area contributed by atoms with Gasteiger partial charge in [-0.2, -0.15) is 0 Å². The van der Waals surface area contributed by atoms with E-state index in [1.807, 2.05) is 0 Å². The minimum absolute atomic E-state index is 0.486. The molecule has 0 bridgehead atoms. The van der Waals surface area contributed by atoms with Crippen LogP contribution in [0.3, 0.4) is 0 Å². The molecule has 2 rings (SSSR count). The number of ether oxygens (including phenoxy) is 1. The molecule has 1 heterocycles. The maximum Gasteiger partial charge on any atom is 0.0512 e. The first-order valence-electron chi connectivity index (χ1n) is 5.66. The van der Waals surface area contributed by atoms with Gasteiger partial charge in [-0.25, -0.2) is 0 Å². The molecule has 2 nitrogen and oxygen atoms in total. The molecule has 1 aromatic rings. The van der Waals surface area contributed by atoms with Gasteiger partial charge in [0.05, 0.1) is 6.61 Å². The summed E-state index contributed by atoms with van der Waals surface area (Å²) < 4.78 is 5.48. The Bertz CT molecular complexity index is 324. The van der Waals surface area contributed by atoms with Gasteiger partial charge >= 0.3 is 0 Å². The van der Waals surface area contributed by atoms with Gasteiger partial charge in [0, 0.05) is 12.5 Å². The predicted octanol–water partition coefficient (Wildman–Crippen LogP) is 2.07. The molecule has 1 aliphatic heterocycles. The Hall–Kier alpha value is -0.860. The Morgan fingerprint density at radius 3 is 2.93 bits per heavy atom. The maximum atomic E-state index is 5.80. The predicted molar refractivity (Wildman–Crippen MR) is 61.9 cm³/mol. The van der Waals surface area contributed by atoms with Crippen molar-refractivity contribution in [1.29, 1.82) is 0 Å². The van der Waals surface area contributed by atoms with Crippen LogP contribution in [0.4, 0.5) is 0 Å². The summed E-state index contributed by atoms with van der Waals surface area (Å²) >= 11 is 0. The monoisotopic (exact) mass is 205 g/mol. The zero-order valence-electron chi connectivity index (χ0n) is 9.28. The molecule has 0 aliphatic carbocycles. The summed E-state index contributed by atoms with van der Waals surface area (Å²) in [5, 5.41) is 0. The lowest BCUT2D eigenvalue weighted by Gasteiger charge is -2.31. The van der Waals surface area contributed by atoms with Crippen LogP contribution >= 0.6 is 0 Å². The quantitative estimate of drug-likeness (QED) is 0.802. The summed E-state index contributed by atoms with van der Waals surface area (Å²) in [6.07, 6.45) is 1.10. The molecule has 1 aliphatic rings. The van der Waals surface area contributed by atoms with Crippen molar-refractivity contribution in [1.82, 2.24) is 0 Å². The Balaban J connectivity index is 2.24. The fraction of sp³-hybridized carbons (Fsp3) is 0.538. The van der Waals surface area contributed by atoms with Gasteiger partial charge < -0.3 is 10.5 Å². The van der Waals surface area contributed by atoms with Gasteiger partial charge in [-0.3, -0.25) is 0 Å². The molecule has 15 heavy (non-hydrogen) atoms. The smallest absolute Gasteiger partial charge is 0.0512 e. The molecular formula is C13H19NO. The minimum atomic E-state index is 0.486. The molecule has 82 valence electrons. The van der Waals surface area contributed by atoms with Crippen molar-refractivity contribution in [2.45, 2.75) is 19.3 Å². The number of aryl methyl sites for hydroxylation is 1. The highest BCUT2D eigenvalue weighted by Crippen LogP contribution is 2.32. The van der Waals surface area contributed by atoms with Crippen molar-refractivity contribution in [3.63, 3.8) is 0 Å². The van der Waals surface area contributed by atoms with Crippen LogP contribution < -0.4 is 5.73 Å². The Labute approximate surface area is 91.4 Å². The first-order chi connectivity index (χ1) is 7.33. The molecular weight excluding hydrogens is 186 g/mol. The summed E-state index contributed by atoms with van der Waals surface area (Å²) in [5.74, 6) is 1.07. The van der Waals surface area contributed by atoms with Crippen LogP contribution in [0.1, 0.15) is 23.5 Å². The van der Waals surface area contributed by atoms with Crippen molar-refractivity contribution >= 4 is 0 Å². The van der Waals surface area contributed by atoms with Gasteiger partial charge in [-0.15, -0.1) is 0 Å². The van der Waals surface area contributed by atoms with Crippen molar-refractivity contribution < 1.29 is 4.74 Å². The summed E-state index contributed by atoms with van der Waals surface area (Å²) in [6.45, 7) is 4.59. The molecule has 2 atom stereocenters. The third kappa shape index (κ3) is 2.21. The van der Waals surface area contributed by atoms with Gasteiger partial charge in [-0.1, -0.05) is 24.3 Å². The first-order valence-corrected chi connectivity index (χ1v) is 5.66. The van der Waals surface area contributed by atoms with E-state index in [-0.39, 0.29) is 0 Å². The molecule has 2 N–H and O–H groups in total. The van der Waals surface area contributed by atoms with Crippen molar-refractivity contribution in [3.8, 4) is 0 Å². The van der Waals surface area contributed by atoms with Gasteiger partial charge in [-0.05, 0) is 36.9 Å². The Morgan fingerprint density at radius 1 is 1.40 bits per heavy atom. The molecule has 1 saturated heterocycles. The van der Waals surface area contributed by atoms with E-state index in [0.29, 0.717) is 11.8 Å². The van der Waals surface area contributed by atoms with Crippen molar-refractivity contribution in [2.24, 2.45) is 11.7 Å². The zero-order chi connectivity index (χ0) is 10.7. The van der Waals surface area contributed by atoms with E-state index >= 15 is 0 Å². The topological polar surface area (TPSA) is 35.2 Å². The normalized spacial score (nSPS) is 26.5. The lowest BCUT2D eigenvalue weighted by Crippen LogP contribution is -2.32. The zero-order valence-corrected chi connectivity index (χ0v) is 9.28. The summed E-state index contributed by atoms with van der Waals surface area (Å²) in [5.41, 5.74) is 8.63. The largest absolute Gasteiger partial charge is 0.381 e. The fourth-order valence-electron chi connectivity index (χ4n) is 2.44. The number of hydrogen-bond acceptors (Lipinski definition) is 2. The van der Waals surface area contributed by atoms with Gasteiger partial charge in [0.1, 0.15) is 0 Å². The van der Waals surface area contributed by atoms with Crippen molar-refractivity contribution in [3.05, 3.63) is 35.4 Å². The number of hydrogen-bond donors (Lipinski definition) is 1. The van der Waals surface area contributed by atoms with E-state index in [2.05, 4.69) is 31.2 Å². The average Bonchev–Trinajstić information content (AvgIpc) is 2.30. The van der Waals surface area contributed by atoms with Gasteiger partial charge in [0.2, 0.25) is 0 Å². The first kappa shape index (κ1) is 10.7. The van der Waals surface area contributed by atoms with E-state index in [1.165, 1.54) is 11.1 Å². The van der Waals surface area contributed by atoms with Gasteiger partial charge in [0.15, 0.2) is 0 Å². The second-order valence-corrected chi connectivity index (χ2v) is 4.32. The summed E-state index contributed by atoms with van der Waals surface area (Å²) in [4.78, 5) is 0. The second-order valence-electron chi connectivity index (χ2n) is 4.32. The van der Waals surface area contributed by atoms with E-state index in [1.54, 1.807) is 0 Å². The van der Waals surface area contributed by atoms with Crippen LogP contribution in [0.15, 0.2) is 24.3 Å². The van der Waals surface area contributed by atoms with Crippen LogP contribution in [0.5, 0.6) is 0 Å². The third-order valence-electron chi connectivity index (χ3n) is 3.36. The average molecular weight is 205 g/mol. The molecule has 0 spiro atoms. The van der Waals surface area contributed by atoms with Crippen molar-refractivity contribution in [2.75, 3.05) is 19.8 Å². The number of nitrogens with two attached hydrogens (primary N) is 1. The molecule has 1 aromatic carbocycles. The molecule has 2 heteroatoms. The number of rotatable bonds is 2. The molecule has 0 amide bonds. The highest BCUT2D eigenvalue weighted by molar-refractivity contribution is 5.30. The standard InChI is InChI=1S/C13H19NO/c1-10-4-2-3-5-12(10)13-6-7-15-9-11(13)8-14/h2-5,11,13H,6-9,14H2,1H3. The molecule has 1 fully saturated rings. The lowest BCUT2D eigenvalue weighted by molar-refractivity contribution is 0.0434. The van der Waals surface area contributed by atoms with Crippen LogP contribution in [0, 0.1) is 12.8 Å². The fourth-order valence-corrected chi connectivity index (χ4v) is 2.44. The van der Waals surface area contributed by atoms with Crippen LogP contribution in [0.2, 0.25) is 0 Å². The van der Waals surface area contributed by atoms with Crippen LogP contribution in [-0.4, -0.2) is 19.8 Å². The van der Waals surface area contributed by atoms with E-state index < -0.39 is 0 Å². The Morgan fingerprint density at radius 2 is 2.20 bits per heavy atom. The summed E-state index contributed by atoms with van der Waals surface area (Å²) in [7, 11) is 0. The maximum absolute atomic E-state index is 5.80. The molecule has 0 saturated carbocycles. The second kappa shape index (κ2) is 4.77. The molecule has 0 radical (unpaired) electrons. The molecule has 2 unspecified atom stereocenters. The lowest BCUT2D eigenvalue weighted by atomic mass is 9.81. The Kier molecular flexibility index (Phi) is 3.39. The summed E-state index contributed by atoms with van der Waals surface area (Å²) in [6, 6.07) is 8.62. The SMILES string of the molecule is Cc1ccccc1C1CCOCC1CN.